The fourth-order valence-electron chi connectivity index (χ4n) is 7.97. The number of piperidine rings is 1. The van der Waals surface area contributed by atoms with Crippen LogP contribution in [-0.4, -0.2) is 67.8 Å². The number of nitrogens with zero attached hydrogens (tertiary/aromatic N) is 4. The van der Waals surface area contributed by atoms with E-state index < -0.39 is 21.6 Å². The van der Waals surface area contributed by atoms with Crippen molar-refractivity contribution in [1.82, 2.24) is 19.2 Å². The summed E-state index contributed by atoms with van der Waals surface area (Å²) in [5.41, 5.74) is 4.36. The number of likely N-dealkylation sites (tertiary alicyclic amines) is 1. The van der Waals surface area contributed by atoms with Gasteiger partial charge in [-0.3, -0.25) is 4.79 Å². The molecule has 55 heavy (non-hydrogen) atoms. The Labute approximate surface area is 329 Å². The predicted octanol–water partition coefficient (Wildman–Crippen LogP) is 8.17. The van der Waals surface area contributed by atoms with E-state index in [4.69, 9.17) is 4.98 Å². The summed E-state index contributed by atoms with van der Waals surface area (Å²) in [6.07, 6.45) is 6.89. The van der Waals surface area contributed by atoms with E-state index in [0.29, 0.717) is 30.1 Å². The molecule has 0 spiro atoms. The maximum absolute atomic E-state index is 14.3. The highest BCUT2D eigenvalue weighted by Gasteiger charge is 2.38. The van der Waals surface area contributed by atoms with Gasteiger partial charge in [-0.15, -0.1) is 0 Å². The second-order valence-electron chi connectivity index (χ2n) is 14.5. The van der Waals surface area contributed by atoms with Gasteiger partial charge in [-0.25, -0.2) is 13.4 Å². The van der Waals surface area contributed by atoms with E-state index in [1.54, 1.807) is 12.1 Å². The van der Waals surface area contributed by atoms with Crippen molar-refractivity contribution in [2.45, 2.75) is 48.4 Å². The molecule has 7 rings (SSSR count). The molecule has 1 N–H and O–H groups in total. The number of fused-ring (bicyclic) bond motifs is 1. The highest BCUT2D eigenvalue weighted by atomic mass is 32.2. The summed E-state index contributed by atoms with van der Waals surface area (Å²) in [6, 6.07) is 41.4. The summed E-state index contributed by atoms with van der Waals surface area (Å²) in [7, 11) is -0.198. The third kappa shape index (κ3) is 7.94. The minimum absolute atomic E-state index is 0.166. The van der Waals surface area contributed by atoms with Crippen LogP contribution in [0, 0.1) is 5.92 Å². The number of carbonyl (C=O) groups excluding carboxylic acids is 1. The van der Waals surface area contributed by atoms with Crippen LogP contribution in [-0.2, 0) is 26.1 Å². The Morgan fingerprint density at radius 2 is 1.38 bits per heavy atom. The number of nitrogens with one attached hydrogen (secondary N) is 1. The Morgan fingerprint density at radius 3 is 1.95 bits per heavy atom. The molecule has 0 aliphatic carbocycles. The zero-order valence-corrected chi connectivity index (χ0v) is 33.3. The third-order valence-corrected chi connectivity index (χ3v) is 13.5. The van der Waals surface area contributed by atoms with Crippen LogP contribution in [0.25, 0.3) is 10.8 Å². The smallest absolute Gasteiger partial charge is 0.241 e. The SMILES string of the molecule is CCC1CCN(C(=O)C(CSCc2cn(C(c3ccccc3)(c3ccccc3)c3ccccc3)cn2)NS(=O)(=O)c2cccc3c(N(C)C)cccc23)CC1. The van der Waals surface area contributed by atoms with Crippen molar-refractivity contribution in [3.05, 3.63) is 162 Å². The van der Waals surface area contributed by atoms with Gasteiger partial charge in [0.15, 0.2) is 0 Å². The molecule has 1 fully saturated rings. The van der Waals surface area contributed by atoms with Gasteiger partial charge >= 0.3 is 0 Å². The monoisotopic (exact) mass is 771 g/mol. The normalized spacial score (nSPS) is 14.6. The lowest BCUT2D eigenvalue weighted by Crippen LogP contribution is -2.51. The number of imidazole rings is 1. The molecule has 6 aromatic rings. The molecule has 1 saturated heterocycles. The quantitative estimate of drug-likeness (QED) is 0.113. The maximum atomic E-state index is 14.3. The van der Waals surface area contributed by atoms with Crippen molar-refractivity contribution in [3.63, 3.8) is 0 Å². The molecule has 5 aromatic carbocycles. The first-order chi connectivity index (χ1) is 26.7. The Morgan fingerprint density at radius 1 is 0.818 bits per heavy atom. The Bertz CT molecular complexity index is 2210. The number of thioether (sulfide) groups is 1. The number of hydrogen-bond donors (Lipinski definition) is 1. The number of benzene rings is 5. The third-order valence-electron chi connectivity index (χ3n) is 10.9. The molecule has 284 valence electrons. The van der Waals surface area contributed by atoms with Crippen LogP contribution in [0.5, 0.6) is 0 Å². The molecule has 8 nitrogen and oxygen atoms in total. The van der Waals surface area contributed by atoms with Crippen molar-refractivity contribution in [2.75, 3.05) is 37.8 Å². The van der Waals surface area contributed by atoms with Crippen LogP contribution in [0.1, 0.15) is 48.6 Å². The second-order valence-corrected chi connectivity index (χ2v) is 17.2. The molecule has 1 unspecified atom stereocenters. The van der Waals surface area contributed by atoms with Crippen LogP contribution in [0.15, 0.2) is 145 Å². The van der Waals surface area contributed by atoms with E-state index in [9.17, 15) is 13.2 Å². The summed E-state index contributed by atoms with van der Waals surface area (Å²) >= 11 is 1.51. The number of aromatic nitrogens is 2. The van der Waals surface area contributed by atoms with Gasteiger partial charge < -0.3 is 14.4 Å². The number of carbonyl (C=O) groups is 1. The van der Waals surface area contributed by atoms with Crippen molar-refractivity contribution in [1.29, 1.82) is 0 Å². The first kappa shape index (κ1) is 38.4. The van der Waals surface area contributed by atoms with Crippen LogP contribution >= 0.6 is 11.8 Å². The Kier molecular flexibility index (Phi) is 11.8. The molecule has 10 heteroatoms. The van der Waals surface area contributed by atoms with Gasteiger partial charge in [0.2, 0.25) is 15.9 Å². The minimum atomic E-state index is -4.08. The molecule has 1 aliphatic heterocycles. The number of hydrogen-bond acceptors (Lipinski definition) is 6. The summed E-state index contributed by atoms with van der Waals surface area (Å²) < 4.78 is 33.6. The maximum Gasteiger partial charge on any atom is 0.241 e. The van der Waals surface area contributed by atoms with Gasteiger partial charge in [0.1, 0.15) is 11.6 Å². The lowest BCUT2D eigenvalue weighted by molar-refractivity contribution is -0.133. The second kappa shape index (κ2) is 16.9. The largest absolute Gasteiger partial charge is 0.377 e. The number of rotatable bonds is 14. The average molecular weight is 772 g/mol. The van der Waals surface area contributed by atoms with Crippen molar-refractivity contribution in [3.8, 4) is 0 Å². The van der Waals surface area contributed by atoms with E-state index in [2.05, 4.69) is 95.2 Å². The lowest BCUT2D eigenvalue weighted by Gasteiger charge is -2.37. The number of sulfonamides is 1. The fourth-order valence-corrected chi connectivity index (χ4v) is 10.4. The first-order valence-corrected chi connectivity index (χ1v) is 21.6. The van der Waals surface area contributed by atoms with E-state index >= 15 is 0 Å². The fraction of sp³-hybridized carbons (Fsp3) is 0.289. The van der Waals surface area contributed by atoms with Crippen molar-refractivity contribution < 1.29 is 13.2 Å². The summed E-state index contributed by atoms with van der Waals surface area (Å²) in [4.78, 5) is 23.1. The van der Waals surface area contributed by atoms with Gasteiger partial charge in [0.25, 0.3) is 0 Å². The van der Waals surface area contributed by atoms with Gasteiger partial charge in [-0.1, -0.05) is 129 Å². The summed E-state index contributed by atoms with van der Waals surface area (Å²) in [5, 5.41) is 1.45. The van der Waals surface area contributed by atoms with Gasteiger partial charge in [-0.2, -0.15) is 16.5 Å². The van der Waals surface area contributed by atoms with Crippen LogP contribution < -0.4 is 9.62 Å². The van der Waals surface area contributed by atoms with Crippen LogP contribution in [0.2, 0.25) is 0 Å². The Hall–Kier alpha value is -4.90. The molecular formula is C45H49N5O3S2. The molecule has 0 bridgehead atoms. The zero-order valence-electron chi connectivity index (χ0n) is 31.7. The number of amides is 1. The van der Waals surface area contributed by atoms with Gasteiger partial charge in [-0.05, 0) is 47.6 Å². The van der Waals surface area contributed by atoms with Crippen molar-refractivity contribution >= 4 is 44.2 Å². The van der Waals surface area contributed by atoms with E-state index in [1.165, 1.54) is 11.8 Å². The minimum Gasteiger partial charge on any atom is -0.377 e. The molecule has 0 radical (unpaired) electrons. The summed E-state index contributed by atoms with van der Waals surface area (Å²) in [5.74, 6) is 1.15. The average Bonchev–Trinajstić information content (AvgIpc) is 3.70. The molecule has 1 atom stereocenters. The topological polar surface area (TPSA) is 87.5 Å². The Balaban J connectivity index is 1.18. The van der Waals surface area contributed by atoms with Crippen molar-refractivity contribution in [2.24, 2.45) is 5.92 Å². The zero-order chi connectivity index (χ0) is 38.4. The molecule has 1 aromatic heterocycles. The molecule has 2 heterocycles. The highest BCUT2D eigenvalue weighted by molar-refractivity contribution is 7.98. The molecule has 1 aliphatic rings. The van der Waals surface area contributed by atoms with Gasteiger partial charge in [0, 0.05) is 61.3 Å². The molecule has 1 amide bonds. The highest BCUT2D eigenvalue weighted by Crippen LogP contribution is 2.41. The van der Waals surface area contributed by atoms with Crippen LogP contribution in [0.4, 0.5) is 5.69 Å². The molecule has 0 saturated carbocycles. The first-order valence-electron chi connectivity index (χ1n) is 19.0. The predicted molar refractivity (Wildman–Crippen MR) is 225 cm³/mol. The summed E-state index contributed by atoms with van der Waals surface area (Å²) in [6.45, 7) is 3.45. The molecular weight excluding hydrogens is 723 g/mol. The van der Waals surface area contributed by atoms with Crippen LogP contribution in [0.3, 0.4) is 0 Å². The van der Waals surface area contributed by atoms with E-state index in [-0.39, 0.29) is 16.6 Å². The lowest BCUT2D eigenvalue weighted by atomic mass is 9.77. The standard InChI is InChI=1S/C45H49N5O3S2/c1-4-34-26-28-49(29-27-34)44(51)41(47-55(52,53)43-25-15-22-39-40(43)23-14-24-42(39)48(2)3)32-54-31-38-30-50(33-46-38)45(35-16-8-5-9-17-35,36-18-10-6-11-19-36)37-20-12-7-13-21-37/h5-25,30,33-34,41,47H,4,26-29,31-32H2,1-3H3. The van der Waals surface area contributed by atoms with E-state index in [1.807, 2.05) is 72.7 Å². The van der Waals surface area contributed by atoms with Gasteiger partial charge in [0.05, 0.1) is 16.9 Å². The van der Waals surface area contributed by atoms with E-state index in [0.717, 1.165) is 52.7 Å². The number of anilines is 1.